The van der Waals surface area contributed by atoms with E-state index in [1.165, 1.54) is 12.1 Å². The van der Waals surface area contributed by atoms with Gasteiger partial charge in [0.25, 0.3) is 5.70 Å². The van der Waals surface area contributed by atoms with Crippen molar-refractivity contribution in [2.24, 2.45) is 0 Å². The molecule has 0 aliphatic rings. The van der Waals surface area contributed by atoms with Crippen molar-refractivity contribution in [3.8, 4) is 12.1 Å². The Labute approximate surface area is 176 Å². The lowest BCUT2D eigenvalue weighted by Gasteiger charge is -2.12. The first kappa shape index (κ1) is 22.2. The van der Waals surface area contributed by atoms with Crippen LogP contribution in [-0.4, -0.2) is 28.8 Å². The maximum atomic E-state index is 11.4. The van der Waals surface area contributed by atoms with Crippen molar-refractivity contribution in [2.45, 2.75) is 0 Å². The van der Waals surface area contributed by atoms with Crippen molar-refractivity contribution in [3.63, 3.8) is 0 Å². The molecule has 30 heavy (non-hydrogen) atoms. The van der Waals surface area contributed by atoms with Crippen LogP contribution in [0.4, 0.5) is 11.4 Å². The molecule has 7 nitrogen and oxygen atoms in total. The highest BCUT2D eigenvalue weighted by Gasteiger charge is 2.15. The minimum Gasteiger partial charge on any atom is -0.378 e. The topological polar surface area (TPSA) is 101 Å². The highest BCUT2D eigenvalue weighted by atomic mass is 32.2. The molecule has 0 fully saturated rings. The maximum absolute atomic E-state index is 11.4. The van der Waals surface area contributed by atoms with Gasteiger partial charge in [-0.3, -0.25) is 4.72 Å². The van der Waals surface area contributed by atoms with E-state index in [1.807, 2.05) is 49.3 Å². The van der Waals surface area contributed by atoms with Gasteiger partial charge in [-0.1, -0.05) is 24.3 Å². The van der Waals surface area contributed by atoms with Crippen LogP contribution in [0.3, 0.4) is 0 Å². The number of hydrogen-bond acceptors (Lipinski definition) is 5. The van der Waals surface area contributed by atoms with E-state index < -0.39 is 10.0 Å². The molecule has 150 valence electrons. The minimum atomic E-state index is -3.44. The third-order valence-electron chi connectivity index (χ3n) is 4.04. The molecule has 8 heteroatoms. The average Bonchev–Trinajstić information content (AvgIpc) is 2.70. The Hall–Kier alpha value is -4.06. The average molecular weight is 417 g/mol. The van der Waals surface area contributed by atoms with Gasteiger partial charge < -0.3 is 4.90 Å². The smallest absolute Gasteiger partial charge is 0.270 e. The molecule has 0 heterocycles. The number of sulfonamides is 1. The van der Waals surface area contributed by atoms with Crippen LogP contribution in [0.25, 0.3) is 16.5 Å². The van der Waals surface area contributed by atoms with Gasteiger partial charge in [0.1, 0.15) is 0 Å². The molecule has 2 aromatic rings. The van der Waals surface area contributed by atoms with Crippen molar-refractivity contribution in [3.05, 3.63) is 82.3 Å². The monoisotopic (exact) mass is 417 g/mol. The number of hydrogen-bond donors (Lipinski definition) is 1. The fourth-order valence-corrected chi connectivity index (χ4v) is 3.24. The molecular formula is C22H19N5O2S. The fraction of sp³-hybridized carbons (Fsp3) is 0.136. The van der Waals surface area contributed by atoms with Crippen LogP contribution in [-0.2, 0) is 10.0 Å². The Morgan fingerprint density at radius 1 is 1.07 bits per heavy atom. The molecule has 0 bridgehead atoms. The highest BCUT2D eigenvalue weighted by molar-refractivity contribution is 7.92. The zero-order valence-corrected chi connectivity index (χ0v) is 17.5. The standard InChI is InChI=1S/C22H19N5O2S/c1-25-21(15-24)22(17-7-9-19(10-8-17)26-30(4,28)29)18(14-23)13-16-5-11-20(12-6-16)27(2)3/h5-13,26H,2-4H3/b18-13+,22-21+. The molecule has 0 saturated carbocycles. The summed E-state index contributed by atoms with van der Waals surface area (Å²) < 4.78 is 25.1. The summed E-state index contributed by atoms with van der Waals surface area (Å²) in [5.74, 6) is 0. The molecule has 0 atom stereocenters. The second kappa shape index (κ2) is 9.43. The van der Waals surface area contributed by atoms with Gasteiger partial charge in [0.05, 0.1) is 30.5 Å². The Morgan fingerprint density at radius 3 is 2.10 bits per heavy atom. The second-order valence-electron chi connectivity index (χ2n) is 6.55. The van der Waals surface area contributed by atoms with Crippen molar-refractivity contribution < 1.29 is 8.42 Å². The quantitative estimate of drug-likeness (QED) is 0.437. The molecule has 2 rings (SSSR count). The van der Waals surface area contributed by atoms with Gasteiger partial charge in [-0.15, -0.1) is 0 Å². The molecule has 2 aromatic carbocycles. The molecule has 0 aromatic heterocycles. The van der Waals surface area contributed by atoms with Gasteiger partial charge in [-0.25, -0.2) is 18.5 Å². The first-order valence-electron chi connectivity index (χ1n) is 8.68. The summed E-state index contributed by atoms with van der Waals surface area (Å²) in [4.78, 5) is 5.22. The molecule has 0 saturated heterocycles. The molecule has 0 amide bonds. The SMILES string of the molecule is [C-]#[N+]/C(C#N)=C(/C(C#N)=C/c1ccc(N(C)C)cc1)c1ccc(NS(C)(=O)=O)cc1. The molecule has 0 aliphatic carbocycles. The fourth-order valence-electron chi connectivity index (χ4n) is 2.67. The van der Waals surface area contributed by atoms with E-state index in [9.17, 15) is 18.9 Å². The molecule has 0 unspecified atom stereocenters. The van der Waals surface area contributed by atoms with Gasteiger partial charge in [0, 0.05) is 31.0 Å². The summed E-state index contributed by atoms with van der Waals surface area (Å²) in [7, 11) is 0.403. The van der Waals surface area contributed by atoms with E-state index in [0.717, 1.165) is 17.5 Å². The van der Waals surface area contributed by atoms with Crippen molar-refractivity contribution in [1.29, 1.82) is 10.5 Å². The molecule has 0 radical (unpaired) electrons. The Kier molecular flexibility index (Phi) is 6.99. The summed E-state index contributed by atoms with van der Waals surface area (Å²) in [6.45, 7) is 7.33. The number of benzene rings is 2. The summed E-state index contributed by atoms with van der Waals surface area (Å²) in [5, 5.41) is 19.2. The Bertz CT molecular complexity index is 1200. The number of nitrogens with one attached hydrogen (secondary N) is 1. The third kappa shape index (κ3) is 5.72. The van der Waals surface area contributed by atoms with Crippen LogP contribution in [0.2, 0.25) is 0 Å². The largest absolute Gasteiger partial charge is 0.378 e. The summed E-state index contributed by atoms with van der Waals surface area (Å²) in [5.41, 5.74) is 2.66. The van der Waals surface area contributed by atoms with Gasteiger partial charge in [0.2, 0.25) is 10.0 Å². The molecule has 0 aliphatic heterocycles. The molecule has 1 N–H and O–H groups in total. The number of rotatable bonds is 6. The predicted molar refractivity (Wildman–Crippen MR) is 118 cm³/mol. The van der Waals surface area contributed by atoms with Gasteiger partial charge in [-0.2, -0.15) is 5.26 Å². The lowest BCUT2D eigenvalue weighted by molar-refractivity contribution is 0.607. The molecular weight excluding hydrogens is 398 g/mol. The van der Waals surface area contributed by atoms with E-state index >= 15 is 0 Å². The lowest BCUT2D eigenvalue weighted by Crippen LogP contribution is -2.09. The predicted octanol–water partition coefficient (Wildman–Crippen LogP) is 3.89. The Morgan fingerprint density at radius 2 is 1.67 bits per heavy atom. The Balaban J connectivity index is 2.56. The normalized spacial score (nSPS) is 12.1. The first-order valence-corrected chi connectivity index (χ1v) is 10.6. The van der Waals surface area contributed by atoms with Crippen LogP contribution in [0.5, 0.6) is 0 Å². The number of nitrogens with zero attached hydrogens (tertiary/aromatic N) is 4. The van der Waals surface area contributed by atoms with Crippen LogP contribution >= 0.6 is 0 Å². The minimum absolute atomic E-state index is 0.156. The summed E-state index contributed by atoms with van der Waals surface area (Å²) in [6.07, 6.45) is 2.65. The zero-order valence-electron chi connectivity index (χ0n) is 16.7. The maximum Gasteiger partial charge on any atom is 0.270 e. The van der Waals surface area contributed by atoms with Crippen molar-refractivity contribution in [1.82, 2.24) is 0 Å². The third-order valence-corrected chi connectivity index (χ3v) is 4.65. The number of allylic oxidation sites excluding steroid dienone is 3. The van der Waals surface area contributed by atoms with Crippen LogP contribution in [0.15, 0.2) is 59.8 Å². The van der Waals surface area contributed by atoms with E-state index in [1.54, 1.807) is 18.2 Å². The van der Waals surface area contributed by atoms with Gasteiger partial charge >= 0.3 is 0 Å². The number of anilines is 2. The zero-order chi connectivity index (χ0) is 22.3. The number of nitriles is 2. The summed E-state index contributed by atoms with van der Waals surface area (Å²) in [6, 6.07) is 17.5. The summed E-state index contributed by atoms with van der Waals surface area (Å²) >= 11 is 0. The highest BCUT2D eigenvalue weighted by Crippen LogP contribution is 2.30. The first-order chi connectivity index (χ1) is 14.2. The van der Waals surface area contributed by atoms with Crippen LogP contribution in [0.1, 0.15) is 11.1 Å². The van der Waals surface area contributed by atoms with Gasteiger partial charge in [-0.05, 0) is 41.5 Å². The van der Waals surface area contributed by atoms with Crippen LogP contribution in [0, 0.1) is 29.2 Å². The van der Waals surface area contributed by atoms with Crippen molar-refractivity contribution >= 4 is 33.0 Å². The van der Waals surface area contributed by atoms with E-state index in [2.05, 4.69) is 15.6 Å². The second-order valence-corrected chi connectivity index (χ2v) is 8.30. The van der Waals surface area contributed by atoms with Crippen LogP contribution < -0.4 is 9.62 Å². The van der Waals surface area contributed by atoms with E-state index in [4.69, 9.17) is 6.57 Å². The van der Waals surface area contributed by atoms with E-state index in [0.29, 0.717) is 11.3 Å². The lowest BCUT2D eigenvalue weighted by atomic mass is 9.95. The molecule has 0 spiro atoms. The van der Waals surface area contributed by atoms with E-state index in [-0.39, 0.29) is 16.8 Å². The van der Waals surface area contributed by atoms with Crippen molar-refractivity contribution in [2.75, 3.05) is 30.0 Å². The van der Waals surface area contributed by atoms with Gasteiger partial charge in [0.15, 0.2) is 0 Å².